The van der Waals surface area contributed by atoms with E-state index in [9.17, 15) is 23.9 Å². The Balaban J connectivity index is 1.55. The summed E-state index contributed by atoms with van der Waals surface area (Å²) < 4.78 is 19.6. The van der Waals surface area contributed by atoms with Gasteiger partial charge in [-0.25, -0.2) is 9.18 Å². The second-order valence-corrected chi connectivity index (χ2v) is 12.1. The van der Waals surface area contributed by atoms with Crippen molar-refractivity contribution in [2.24, 2.45) is 0 Å². The predicted molar refractivity (Wildman–Crippen MR) is 160 cm³/mol. The number of aromatic nitrogens is 2. The van der Waals surface area contributed by atoms with Gasteiger partial charge in [-0.15, -0.1) is 10.2 Å². The van der Waals surface area contributed by atoms with E-state index in [4.69, 9.17) is 27.9 Å². The summed E-state index contributed by atoms with van der Waals surface area (Å²) in [5, 5.41) is 20.7. The Morgan fingerprint density at radius 3 is 2.45 bits per heavy atom. The van der Waals surface area contributed by atoms with E-state index >= 15 is 0 Å². The van der Waals surface area contributed by atoms with Gasteiger partial charge in [0.05, 0.1) is 24.3 Å². The third kappa shape index (κ3) is 5.78. The Morgan fingerprint density at radius 2 is 1.79 bits per heavy atom. The van der Waals surface area contributed by atoms with E-state index in [2.05, 4.69) is 10.2 Å². The van der Waals surface area contributed by atoms with Crippen molar-refractivity contribution in [1.29, 1.82) is 0 Å². The predicted octanol–water partition coefficient (Wildman–Crippen LogP) is 7.00. The number of nitrogens with zero attached hydrogens (tertiary/aromatic N) is 3. The van der Waals surface area contributed by atoms with Crippen LogP contribution in [0.5, 0.6) is 0 Å². The van der Waals surface area contributed by atoms with Gasteiger partial charge in [0.1, 0.15) is 11.6 Å². The lowest BCUT2D eigenvalue weighted by Crippen LogP contribution is -2.29. The minimum Gasteiger partial charge on any atom is -0.507 e. The minimum absolute atomic E-state index is 0.0284. The Morgan fingerprint density at radius 1 is 1.07 bits per heavy atom. The van der Waals surface area contributed by atoms with Gasteiger partial charge >= 0.3 is 11.9 Å². The monoisotopic (exact) mass is 643 g/mol. The summed E-state index contributed by atoms with van der Waals surface area (Å²) in [4.78, 5) is 40.0. The number of aliphatic hydroxyl groups excluding tert-OH is 1. The minimum atomic E-state index is -1.14. The molecule has 1 aliphatic rings. The average Bonchev–Trinajstić information content (AvgIpc) is 3.55. The van der Waals surface area contributed by atoms with Gasteiger partial charge in [-0.1, -0.05) is 76.6 Å². The maximum atomic E-state index is 14.4. The van der Waals surface area contributed by atoms with E-state index in [1.165, 1.54) is 55.3 Å². The van der Waals surface area contributed by atoms with Gasteiger partial charge in [0, 0.05) is 21.4 Å². The maximum absolute atomic E-state index is 14.4. The molecule has 1 saturated heterocycles. The molecule has 0 bridgehead atoms. The van der Waals surface area contributed by atoms with Gasteiger partial charge in [-0.05, 0) is 53.9 Å². The highest BCUT2D eigenvalue weighted by Gasteiger charge is 2.48. The molecule has 8 nitrogen and oxygen atoms in total. The Bertz CT molecular complexity index is 1760. The molecule has 1 aromatic heterocycles. The summed E-state index contributed by atoms with van der Waals surface area (Å²) in [5.74, 6) is -3.18. The van der Waals surface area contributed by atoms with Crippen LogP contribution in [0.25, 0.3) is 5.76 Å². The van der Waals surface area contributed by atoms with E-state index in [0.29, 0.717) is 31.3 Å². The average molecular weight is 645 g/mol. The number of benzene rings is 3. The van der Waals surface area contributed by atoms with Gasteiger partial charge in [0.15, 0.2) is 4.34 Å². The first kappa shape index (κ1) is 29.7. The van der Waals surface area contributed by atoms with E-state index in [0.717, 1.165) is 27.9 Å². The summed E-state index contributed by atoms with van der Waals surface area (Å²) in [6.07, 6.45) is 0. The molecule has 3 aromatic carbocycles. The molecule has 0 saturated carbocycles. The fraction of sp³-hybridized carbons (Fsp3) is 0.138. The molecule has 4 aromatic rings. The van der Waals surface area contributed by atoms with E-state index in [1.807, 2.05) is 0 Å². The van der Waals surface area contributed by atoms with Crippen molar-refractivity contribution in [1.82, 2.24) is 10.2 Å². The summed E-state index contributed by atoms with van der Waals surface area (Å²) in [6.45, 7) is 1.56. The summed E-state index contributed by atoms with van der Waals surface area (Å²) in [6, 6.07) is 14.1. The number of ether oxygens (including phenoxy) is 1. The van der Waals surface area contributed by atoms with Gasteiger partial charge in [0.25, 0.3) is 5.78 Å². The van der Waals surface area contributed by atoms with Crippen LogP contribution in [0.4, 0.5) is 9.52 Å². The van der Waals surface area contributed by atoms with Crippen molar-refractivity contribution in [3.8, 4) is 0 Å². The second kappa shape index (κ2) is 12.2. The highest BCUT2D eigenvalue weighted by Crippen LogP contribution is 2.44. The molecular formula is C29H20Cl2FN3O5S2. The number of anilines is 1. The highest BCUT2D eigenvalue weighted by atomic mass is 35.5. The second-order valence-electron chi connectivity index (χ2n) is 9.12. The topological polar surface area (TPSA) is 110 Å². The number of halogens is 3. The number of amides is 1. The molecule has 1 N–H and O–H groups in total. The molecule has 0 spiro atoms. The largest absolute Gasteiger partial charge is 0.507 e. The third-order valence-electron chi connectivity index (χ3n) is 6.51. The third-order valence-corrected chi connectivity index (χ3v) is 9.20. The van der Waals surface area contributed by atoms with Crippen molar-refractivity contribution in [3.63, 3.8) is 0 Å². The number of hydrogen-bond acceptors (Lipinski definition) is 9. The summed E-state index contributed by atoms with van der Waals surface area (Å²) in [7, 11) is 1.25. The molecule has 1 aliphatic heterocycles. The molecular weight excluding hydrogens is 624 g/mol. The number of ketones is 1. The zero-order valence-corrected chi connectivity index (χ0v) is 25.1. The number of methoxy groups -OCH3 is 1. The van der Waals surface area contributed by atoms with Crippen molar-refractivity contribution in [3.05, 3.63) is 110 Å². The molecule has 42 heavy (non-hydrogen) atoms. The zero-order valence-electron chi connectivity index (χ0n) is 21.9. The lowest BCUT2D eigenvalue weighted by Gasteiger charge is -2.22. The number of hydrogen-bond donors (Lipinski definition) is 1. The number of esters is 1. The number of rotatable bonds is 7. The Hall–Kier alpha value is -3.77. The molecule has 0 radical (unpaired) electrons. The fourth-order valence-electron chi connectivity index (χ4n) is 4.30. The van der Waals surface area contributed by atoms with Crippen LogP contribution < -0.4 is 4.90 Å². The molecule has 214 valence electrons. The van der Waals surface area contributed by atoms with Gasteiger partial charge in [0.2, 0.25) is 5.13 Å². The lowest BCUT2D eigenvalue weighted by atomic mass is 9.94. The number of Topliss-reactive ketones (excluding diaryl/α,β-unsaturated/α-hetero) is 1. The smallest absolute Gasteiger partial charge is 0.337 e. The molecule has 2 heterocycles. The number of carbonyl (C=O) groups excluding carboxylic acids is 3. The Labute approximate surface area is 257 Å². The van der Waals surface area contributed by atoms with Gasteiger partial charge in [-0.3, -0.25) is 14.5 Å². The standard InChI is InChI=1S/C29H20Cl2FN3O5S2/c1-14-3-4-17(11-21(14)32)24(36)22-23(15-5-7-16(8-6-15)27(39)40-2)35(26(38)25(22)37)28-33-34-29(42-28)41-13-18-9-10-19(30)12-20(18)31/h3-12,23,36H,13H2,1-2H3/b24-22+. The SMILES string of the molecule is COC(=O)c1ccc(C2/C(=C(\O)c3ccc(C)c(F)c3)C(=O)C(=O)N2c2nnc(SCc3ccc(Cl)cc3Cl)s2)cc1. The first-order chi connectivity index (χ1) is 20.1. The van der Waals surface area contributed by atoms with Crippen LogP contribution in [0, 0.1) is 12.7 Å². The number of aryl methyl sites for hydroxylation is 1. The first-order valence-electron chi connectivity index (χ1n) is 12.2. The van der Waals surface area contributed by atoms with Crippen LogP contribution in [-0.4, -0.2) is 40.1 Å². The van der Waals surface area contributed by atoms with Crippen LogP contribution in [0.15, 0.2) is 70.6 Å². The highest BCUT2D eigenvalue weighted by molar-refractivity contribution is 8.00. The van der Waals surface area contributed by atoms with Crippen LogP contribution in [0.2, 0.25) is 10.0 Å². The zero-order chi connectivity index (χ0) is 30.1. The molecule has 5 rings (SSSR count). The van der Waals surface area contributed by atoms with Crippen LogP contribution in [0.3, 0.4) is 0 Å². The van der Waals surface area contributed by atoms with E-state index < -0.39 is 35.3 Å². The first-order valence-corrected chi connectivity index (χ1v) is 14.8. The van der Waals surface area contributed by atoms with E-state index in [1.54, 1.807) is 25.1 Å². The van der Waals surface area contributed by atoms with Crippen molar-refractivity contribution in [2.75, 3.05) is 12.0 Å². The maximum Gasteiger partial charge on any atom is 0.337 e. The number of thioether (sulfide) groups is 1. The normalized spacial score (nSPS) is 16.2. The summed E-state index contributed by atoms with van der Waals surface area (Å²) in [5.41, 5.74) is 1.58. The molecule has 13 heteroatoms. The summed E-state index contributed by atoms with van der Waals surface area (Å²) >= 11 is 14.7. The van der Waals surface area contributed by atoms with Gasteiger partial charge in [-0.2, -0.15) is 0 Å². The number of carbonyl (C=O) groups is 3. The molecule has 1 atom stereocenters. The van der Waals surface area contributed by atoms with E-state index in [-0.39, 0.29) is 21.8 Å². The Kier molecular flexibility index (Phi) is 8.65. The van der Waals surface area contributed by atoms with Crippen molar-refractivity contribution < 1.29 is 28.6 Å². The number of aliphatic hydroxyl groups is 1. The quantitative estimate of drug-likeness (QED) is 0.0572. The van der Waals surface area contributed by atoms with Crippen molar-refractivity contribution in [2.45, 2.75) is 23.1 Å². The van der Waals surface area contributed by atoms with Crippen LogP contribution in [-0.2, 0) is 20.1 Å². The molecule has 0 aliphatic carbocycles. The van der Waals surface area contributed by atoms with Gasteiger partial charge < -0.3 is 9.84 Å². The lowest BCUT2D eigenvalue weighted by molar-refractivity contribution is -0.132. The van der Waals surface area contributed by atoms with Crippen LogP contribution in [0.1, 0.15) is 38.7 Å². The molecule has 1 amide bonds. The fourth-order valence-corrected chi connectivity index (χ4v) is 6.72. The van der Waals surface area contributed by atoms with Crippen LogP contribution >= 0.6 is 46.3 Å². The van der Waals surface area contributed by atoms with Crippen molar-refractivity contribution >= 4 is 74.9 Å². The molecule has 1 fully saturated rings. The molecule has 1 unspecified atom stereocenters.